The van der Waals surface area contributed by atoms with Crippen LogP contribution in [0, 0.1) is 0 Å². The highest BCUT2D eigenvalue weighted by Crippen LogP contribution is 2.30. The fourth-order valence-electron chi connectivity index (χ4n) is 1.80. The van der Waals surface area contributed by atoms with Crippen LogP contribution >= 0.6 is 0 Å². The van der Waals surface area contributed by atoms with Crippen molar-refractivity contribution >= 4 is 22.7 Å². The Morgan fingerprint density at radius 2 is 1.89 bits per heavy atom. The van der Waals surface area contributed by atoms with Gasteiger partial charge in [0.15, 0.2) is 0 Å². The number of benzene rings is 2. The smallest absolute Gasteiger partial charge is 0.335 e. The quantitative estimate of drug-likeness (QED) is 0.678. The number of carbonyl (C=O) groups excluding carboxylic acids is 1. The Balaban J connectivity index is 2.69. The predicted molar refractivity (Wildman–Crippen MR) is 68.8 cm³/mol. The van der Waals surface area contributed by atoms with Gasteiger partial charge in [0, 0.05) is 12.3 Å². The monoisotopic (exact) mass is 260 g/mol. The van der Waals surface area contributed by atoms with Crippen molar-refractivity contribution in [3.8, 4) is 11.5 Å². The summed E-state index contributed by atoms with van der Waals surface area (Å²) < 4.78 is 10.1. The average molecular weight is 260 g/mol. The third kappa shape index (κ3) is 2.65. The molecule has 0 spiro atoms. The number of hydrogen-bond donors (Lipinski definition) is 1. The number of carbonyl (C=O) groups is 2. The Labute approximate surface area is 109 Å². The van der Waals surface area contributed by atoms with Crippen LogP contribution in [0.25, 0.3) is 10.8 Å². The zero-order chi connectivity index (χ0) is 14.0. The highest BCUT2D eigenvalue weighted by molar-refractivity contribution is 5.98. The second-order valence-electron chi connectivity index (χ2n) is 3.96. The number of rotatable bonds is 3. The van der Waals surface area contributed by atoms with Crippen LogP contribution in [0.5, 0.6) is 11.5 Å². The Hall–Kier alpha value is -2.56. The van der Waals surface area contributed by atoms with E-state index in [0.29, 0.717) is 16.5 Å². The Bertz CT molecular complexity index is 660. The lowest BCUT2D eigenvalue weighted by Crippen LogP contribution is -2.04. The Kier molecular flexibility index (Phi) is 3.37. The van der Waals surface area contributed by atoms with Gasteiger partial charge in [0.1, 0.15) is 11.5 Å². The number of carboxylic acid groups (broad SMARTS) is 1. The summed E-state index contributed by atoms with van der Waals surface area (Å²) in [6, 6.07) is 7.97. The topological polar surface area (TPSA) is 72.8 Å². The van der Waals surface area contributed by atoms with E-state index in [1.165, 1.54) is 26.2 Å². The number of hydrogen-bond acceptors (Lipinski definition) is 4. The van der Waals surface area contributed by atoms with Crippen LogP contribution in [-0.4, -0.2) is 24.2 Å². The minimum absolute atomic E-state index is 0.0528. The van der Waals surface area contributed by atoms with Gasteiger partial charge in [-0.15, -0.1) is 0 Å². The van der Waals surface area contributed by atoms with Gasteiger partial charge >= 0.3 is 11.9 Å². The minimum atomic E-state index is -1.09. The summed E-state index contributed by atoms with van der Waals surface area (Å²) in [4.78, 5) is 22.1. The molecule has 98 valence electrons. The van der Waals surface area contributed by atoms with E-state index in [9.17, 15) is 9.59 Å². The molecule has 19 heavy (non-hydrogen) atoms. The molecule has 2 aromatic rings. The summed E-state index contributed by atoms with van der Waals surface area (Å²) in [5.41, 5.74) is 0.0528. The molecule has 2 rings (SSSR count). The highest BCUT2D eigenvalue weighted by Gasteiger charge is 2.12. The van der Waals surface area contributed by atoms with Crippen molar-refractivity contribution < 1.29 is 24.2 Å². The maximum absolute atomic E-state index is 11.1. The van der Waals surface area contributed by atoms with Crippen LogP contribution in [-0.2, 0) is 4.79 Å². The van der Waals surface area contributed by atoms with E-state index < -0.39 is 11.9 Å². The fraction of sp³-hybridized carbons (Fsp3) is 0.143. The van der Waals surface area contributed by atoms with Gasteiger partial charge in [-0.2, -0.15) is 0 Å². The first kappa shape index (κ1) is 12.9. The lowest BCUT2D eigenvalue weighted by Gasteiger charge is -2.09. The lowest BCUT2D eigenvalue weighted by molar-refractivity contribution is -0.131. The summed E-state index contributed by atoms with van der Waals surface area (Å²) in [5.74, 6) is -0.758. The Morgan fingerprint density at radius 3 is 2.47 bits per heavy atom. The van der Waals surface area contributed by atoms with Crippen molar-refractivity contribution in [2.75, 3.05) is 7.11 Å². The van der Waals surface area contributed by atoms with E-state index in [-0.39, 0.29) is 11.3 Å². The number of ether oxygens (including phenoxy) is 2. The van der Waals surface area contributed by atoms with Gasteiger partial charge in [0.25, 0.3) is 0 Å². The van der Waals surface area contributed by atoms with Gasteiger partial charge in [0.05, 0.1) is 12.7 Å². The molecule has 0 saturated heterocycles. The molecule has 0 aliphatic carbocycles. The van der Waals surface area contributed by atoms with E-state index >= 15 is 0 Å². The molecule has 0 radical (unpaired) electrons. The van der Waals surface area contributed by atoms with E-state index in [0.717, 1.165) is 0 Å². The first-order chi connectivity index (χ1) is 9.01. The van der Waals surface area contributed by atoms with Crippen molar-refractivity contribution in [2.24, 2.45) is 0 Å². The van der Waals surface area contributed by atoms with Crippen LogP contribution in [0.1, 0.15) is 17.3 Å². The van der Waals surface area contributed by atoms with Gasteiger partial charge < -0.3 is 14.6 Å². The molecule has 1 N–H and O–H groups in total. The lowest BCUT2D eigenvalue weighted by atomic mass is 10.1. The van der Waals surface area contributed by atoms with Gasteiger partial charge in [-0.1, -0.05) is 0 Å². The van der Waals surface area contributed by atoms with Gasteiger partial charge in [0.2, 0.25) is 0 Å². The van der Waals surface area contributed by atoms with Crippen molar-refractivity contribution in [3.05, 3.63) is 35.9 Å². The molecule has 0 fully saturated rings. The second kappa shape index (κ2) is 4.97. The number of fused-ring (bicyclic) bond motifs is 1. The molecule has 0 aliphatic heterocycles. The van der Waals surface area contributed by atoms with Crippen molar-refractivity contribution in [3.63, 3.8) is 0 Å². The molecule has 2 aromatic carbocycles. The fourth-order valence-corrected chi connectivity index (χ4v) is 1.80. The van der Waals surface area contributed by atoms with Crippen LogP contribution in [0.3, 0.4) is 0 Å². The molecule has 0 saturated carbocycles. The van der Waals surface area contributed by atoms with Crippen molar-refractivity contribution in [2.45, 2.75) is 6.92 Å². The molecule has 5 nitrogen and oxygen atoms in total. The first-order valence-corrected chi connectivity index (χ1v) is 5.55. The first-order valence-electron chi connectivity index (χ1n) is 5.55. The van der Waals surface area contributed by atoms with E-state index in [1.54, 1.807) is 18.2 Å². The number of aromatic carboxylic acids is 1. The van der Waals surface area contributed by atoms with Gasteiger partial charge in [-0.25, -0.2) is 4.79 Å². The normalized spacial score (nSPS) is 10.2. The second-order valence-corrected chi connectivity index (χ2v) is 3.96. The third-order valence-corrected chi connectivity index (χ3v) is 2.62. The molecule has 5 heteroatoms. The van der Waals surface area contributed by atoms with Crippen LogP contribution in [0.4, 0.5) is 0 Å². The third-order valence-electron chi connectivity index (χ3n) is 2.62. The highest BCUT2D eigenvalue weighted by atomic mass is 16.5. The van der Waals surface area contributed by atoms with Crippen molar-refractivity contribution in [1.29, 1.82) is 0 Å². The molecule has 0 atom stereocenters. The number of carboxylic acids is 1. The molecule has 0 aromatic heterocycles. The average Bonchev–Trinajstić information content (AvgIpc) is 2.37. The SMILES string of the molecule is COc1ccc2c(OC(C)=O)cc(C(=O)O)cc2c1. The minimum Gasteiger partial charge on any atom is -0.497 e. The van der Waals surface area contributed by atoms with Crippen LogP contribution < -0.4 is 9.47 Å². The molecule has 0 heterocycles. The molecule has 0 unspecified atom stereocenters. The summed E-state index contributed by atoms with van der Waals surface area (Å²) >= 11 is 0. The van der Waals surface area contributed by atoms with E-state index in [4.69, 9.17) is 14.6 Å². The summed E-state index contributed by atoms with van der Waals surface area (Å²) in [6.07, 6.45) is 0. The maximum Gasteiger partial charge on any atom is 0.335 e. The molecule has 0 amide bonds. The van der Waals surface area contributed by atoms with Crippen molar-refractivity contribution in [1.82, 2.24) is 0 Å². The standard InChI is InChI=1S/C14H12O5/c1-8(15)19-13-7-10(14(16)17)5-9-6-11(18-2)3-4-12(9)13/h3-7H,1-2H3,(H,16,17). The van der Waals surface area contributed by atoms with E-state index in [1.807, 2.05) is 0 Å². The zero-order valence-electron chi connectivity index (χ0n) is 10.5. The van der Waals surface area contributed by atoms with E-state index in [2.05, 4.69) is 0 Å². The predicted octanol–water partition coefficient (Wildman–Crippen LogP) is 2.47. The summed E-state index contributed by atoms with van der Waals surface area (Å²) in [7, 11) is 1.52. The van der Waals surface area contributed by atoms with Gasteiger partial charge in [-0.3, -0.25) is 4.79 Å². The maximum atomic E-state index is 11.1. The number of methoxy groups -OCH3 is 1. The van der Waals surface area contributed by atoms with Crippen LogP contribution in [0.15, 0.2) is 30.3 Å². The summed E-state index contributed by atoms with van der Waals surface area (Å²) in [5, 5.41) is 10.3. The molecular formula is C14H12O5. The van der Waals surface area contributed by atoms with Gasteiger partial charge in [-0.05, 0) is 35.7 Å². The molecule has 0 aliphatic rings. The zero-order valence-corrected chi connectivity index (χ0v) is 10.5. The van der Waals surface area contributed by atoms with Crippen LogP contribution in [0.2, 0.25) is 0 Å². The Morgan fingerprint density at radius 1 is 1.16 bits per heavy atom. The summed E-state index contributed by atoms with van der Waals surface area (Å²) in [6.45, 7) is 1.27. The largest absolute Gasteiger partial charge is 0.497 e. The number of esters is 1. The molecular weight excluding hydrogens is 248 g/mol. The molecule has 0 bridgehead atoms.